The fourth-order valence-corrected chi connectivity index (χ4v) is 1.67. The molecule has 94 valence electrons. The number of hydrogen-bond donors (Lipinski definition) is 0. The summed E-state index contributed by atoms with van der Waals surface area (Å²) in [6.45, 7) is 5.80. The quantitative estimate of drug-likeness (QED) is 0.334. The predicted octanol–water partition coefficient (Wildman–Crippen LogP) is 4.24. The molecule has 16 heavy (non-hydrogen) atoms. The van der Waals surface area contributed by atoms with Crippen LogP contribution in [0.25, 0.3) is 0 Å². The normalized spacial score (nSPS) is 12.9. The van der Waals surface area contributed by atoms with Gasteiger partial charge in [0, 0.05) is 13.3 Å². The molecule has 0 aliphatic heterocycles. The summed E-state index contributed by atoms with van der Waals surface area (Å²) in [7, 11) is 0. The van der Waals surface area contributed by atoms with Gasteiger partial charge in [-0.15, -0.1) is 0 Å². The number of rotatable bonds is 9. The predicted molar refractivity (Wildman–Crippen MR) is 68.4 cm³/mol. The molecule has 0 saturated heterocycles. The third-order valence-corrected chi connectivity index (χ3v) is 2.51. The fraction of sp³-hybridized carbons (Fsp3) is 0.786. The van der Waals surface area contributed by atoms with Crippen LogP contribution in [0.1, 0.15) is 65.7 Å². The van der Waals surface area contributed by atoms with Crippen molar-refractivity contribution in [1.82, 2.24) is 0 Å². The van der Waals surface area contributed by atoms with Crippen LogP contribution in [-0.4, -0.2) is 12.1 Å². The van der Waals surface area contributed by atoms with Gasteiger partial charge in [0.15, 0.2) is 0 Å². The van der Waals surface area contributed by atoms with Crippen molar-refractivity contribution in [2.45, 2.75) is 71.8 Å². The highest BCUT2D eigenvalue weighted by molar-refractivity contribution is 5.66. The molecule has 0 spiro atoms. The minimum Gasteiger partial charge on any atom is -0.462 e. The molecule has 0 saturated carbocycles. The summed E-state index contributed by atoms with van der Waals surface area (Å²) in [6, 6.07) is 0. The smallest absolute Gasteiger partial charge is 0.302 e. The first-order valence-electron chi connectivity index (χ1n) is 6.52. The van der Waals surface area contributed by atoms with Crippen molar-refractivity contribution in [2.75, 3.05) is 0 Å². The van der Waals surface area contributed by atoms with Crippen molar-refractivity contribution in [2.24, 2.45) is 0 Å². The second-order valence-electron chi connectivity index (χ2n) is 4.20. The summed E-state index contributed by atoms with van der Waals surface area (Å²) in [5, 5.41) is 0. The number of allylic oxidation sites excluding steroid dienone is 1. The number of hydrogen-bond acceptors (Lipinski definition) is 2. The van der Waals surface area contributed by atoms with E-state index in [0.717, 1.165) is 25.7 Å². The Morgan fingerprint density at radius 1 is 1.19 bits per heavy atom. The fourth-order valence-electron chi connectivity index (χ4n) is 1.67. The highest BCUT2D eigenvalue weighted by Gasteiger charge is 2.09. The molecule has 0 bridgehead atoms. The lowest BCUT2D eigenvalue weighted by atomic mass is 10.1. The maximum atomic E-state index is 10.9. The molecule has 0 aromatic rings. The van der Waals surface area contributed by atoms with Gasteiger partial charge in [-0.05, 0) is 19.3 Å². The summed E-state index contributed by atoms with van der Waals surface area (Å²) in [5.74, 6) is -0.162. The Morgan fingerprint density at radius 3 is 2.50 bits per heavy atom. The monoisotopic (exact) mass is 226 g/mol. The molecule has 0 aromatic carbocycles. The third-order valence-electron chi connectivity index (χ3n) is 2.51. The number of ether oxygens (including phenoxy) is 1. The van der Waals surface area contributed by atoms with Crippen molar-refractivity contribution in [1.29, 1.82) is 0 Å². The SMILES string of the molecule is CC/C=C\C[C@@H](CCCCCC)OC(C)=O. The molecule has 2 heteroatoms. The first-order valence-corrected chi connectivity index (χ1v) is 6.52. The molecule has 0 N–H and O–H groups in total. The van der Waals surface area contributed by atoms with E-state index in [2.05, 4.69) is 26.0 Å². The van der Waals surface area contributed by atoms with Gasteiger partial charge in [0.1, 0.15) is 6.10 Å². The van der Waals surface area contributed by atoms with Crippen LogP contribution in [-0.2, 0) is 9.53 Å². The van der Waals surface area contributed by atoms with Crippen LogP contribution in [0.5, 0.6) is 0 Å². The highest BCUT2D eigenvalue weighted by atomic mass is 16.5. The minimum absolute atomic E-state index is 0.0807. The molecule has 0 amide bonds. The van der Waals surface area contributed by atoms with Crippen molar-refractivity contribution >= 4 is 5.97 Å². The molecule has 0 unspecified atom stereocenters. The Hall–Kier alpha value is -0.790. The van der Waals surface area contributed by atoms with E-state index in [-0.39, 0.29) is 12.1 Å². The minimum atomic E-state index is -0.162. The molecule has 1 atom stereocenters. The standard InChI is InChI=1S/C14H26O2/c1-4-6-8-10-12-14(16-13(3)15)11-9-7-5-2/h7,9,14H,4-6,8,10-12H2,1-3H3/b9-7-/t14-/m0/s1. The van der Waals surface area contributed by atoms with Crippen LogP contribution >= 0.6 is 0 Å². The summed E-state index contributed by atoms with van der Waals surface area (Å²) >= 11 is 0. The van der Waals surface area contributed by atoms with Crippen molar-refractivity contribution in [3.8, 4) is 0 Å². The Kier molecular flexibility index (Phi) is 10.2. The summed E-state index contributed by atoms with van der Waals surface area (Å²) in [6.07, 6.45) is 12.1. The molecule has 0 aliphatic carbocycles. The molecule has 0 aromatic heterocycles. The summed E-state index contributed by atoms with van der Waals surface area (Å²) in [4.78, 5) is 10.9. The molecular formula is C14H26O2. The van der Waals surface area contributed by atoms with E-state index in [4.69, 9.17) is 4.74 Å². The largest absolute Gasteiger partial charge is 0.462 e. The molecule has 0 rings (SSSR count). The van der Waals surface area contributed by atoms with Gasteiger partial charge in [0.25, 0.3) is 0 Å². The van der Waals surface area contributed by atoms with Crippen molar-refractivity contribution in [3.05, 3.63) is 12.2 Å². The number of carbonyl (C=O) groups excluding carboxylic acids is 1. The lowest BCUT2D eigenvalue weighted by molar-refractivity contribution is -0.146. The molecule has 2 nitrogen and oxygen atoms in total. The van der Waals surface area contributed by atoms with Gasteiger partial charge in [-0.2, -0.15) is 0 Å². The van der Waals surface area contributed by atoms with Crippen LogP contribution in [0.15, 0.2) is 12.2 Å². The van der Waals surface area contributed by atoms with E-state index in [9.17, 15) is 4.79 Å². The second-order valence-corrected chi connectivity index (χ2v) is 4.20. The molecule has 0 radical (unpaired) electrons. The van der Waals surface area contributed by atoms with Crippen LogP contribution in [0.2, 0.25) is 0 Å². The van der Waals surface area contributed by atoms with Gasteiger partial charge < -0.3 is 4.74 Å². The molecule has 0 heterocycles. The summed E-state index contributed by atoms with van der Waals surface area (Å²) in [5.41, 5.74) is 0. The average Bonchev–Trinajstić information content (AvgIpc) is 2.23. The molecule has 0 fully saturated rings. The topological polar surface area (TPSA) is 26.3 Å². The van der Waals surface area contributed by atoms with Crippen molar-refractivity contribution in [3.63, 3.8) is 0 Å². The van der Waals surface area contributed by atoms with Crippen LogP contribution in [0, 0.1) is 0 Å². The lowest BCUT2D eigenvalue weighted by Crippen LogP contribution is -2.15. The summed E-state index contributed by atoms with van der Waals surface area (Å²) < 4.78 is 5.29. The van der Waals surface area contributed by atoms with E-state index in [1.165, 1.54) is 26.2 Å². The van der Waals surface area contributed by atoms with Gasteiger partial charge in [-0.3, -0.25) is 4.79 Å². The van der Waals surface area contributed by atoms with E-state index in [1.807, 2.05) is 0 Å². The van der Waals surface area contributed by atoms with Gasteiger partial charge >= 0.3 is 5.97 Å². The molecule has 0 aliphatic rings. The van der Waals surface area contributed by atoms with E-state index in [0.29, 0.717) is 0 Å². The second kappa shape index (κ2) is 10.7. The first-order chi connectivity index (χ1) is 7.70. The average molecular weight is 226 g/mol. The van der Waals surface area contributed by atoms with Gasteiger partial charge in [0.05, 0.1) is 0 Å². The van der Waals surface area contributed by atoms with Crippen LogP contribution < -0.4 is 0 Å². The maximum absolute atomic E-state index is 10.9. The highest BCUT2D eigenvalue weighted by Crippen LogP contribution is 2.12. The van der Waals surface area contributed by atoms with Gasteiger partial charge in [-0.25, -0.2) is 0 Å². The van der Waals surface area contributed by atoms with Crippen molar-refractivity contribution < 1.29 is 9.53 Å². The van der Waals surface area contributed by atoms with Crippen LogP contribution in [0.3, 0.4) is 0 Å². The number of carbonyl (C=O) groups is 1. The Morgan fingerprint density at radius 2 is 1.94 bits per heavy atom. The Labute approximate surface area is 100 Å². The zero-order chi connectivity index (χ0) is 12.2. The van der Waals surface area contributed by atoms with Crippen LogP contribution in [0.4, 0.5) is 0 Å². The lowest BCUT2D eigenvalue weighted by Gasteiger charge is -2.15. The number of unbranched alkanes of at least 4 members (excludes halogenated alkanes) is 3. The Balaban J connectivity index is 3.80. The zero-order valence-corrected chi connectivity index (χ0v) is 11.0. The molecular weight excluding hydrogens is 200 g/mol. The van der Waals surface area contributed by atoms with E-state index >= 15 is 0 Å². The van der Waals surface area contributed by atoms with E-state index < -0.39 is 0 Å². The van der Waals surface area contributed by atoms with E-state index in [1.54, 1.807) is 0 Å². The first kappa shape index (κ1) is 15.2. The Bertz CT molecular complexity index is 197. The zero-order valence-electron chi connectivity index (χ0n) is 11.0. The number of esters is 1. The van der Waals surface area contributed by atoms with Gasteiger partial charge in [0.2, 0.25) is 0 Å². The third kappa shape index (κ3) is 9.75. The van der Waals surface area contributed by atoms with Gasteiger partial charge in [-0.1, -0.05) is 45.3 Å². The maximum Gasteiger partial charge on any atom is 0.302 e.